The van der Waals surface area contributed by atoms with Crippen LogP contribution >= 0.6 is 11.9 Å². The molecule has 5 heteroatoms. The molecule has 2 N–H and O–H groups in total. The third-order valence-electron chi connectivity index (χ3n) is 4.36. The topological polar surface area (TPSA) is 50.1 Å². The van der Waals surface area contributed by atoms with Crippen LogP contribution in [0.3, 0.4) is 0 Å². The van der Waals surface area contributed by atoms with Crippen molar-refractivity contribution < 1.29 is 5.11 Å². The molecule has 0 amide bonds. The lowest BCUT2D eigenvalue weighted by Gasteiger charge is -2.19. The van der Waals surface area contributed by atoms with Crippen molar-refractivity contribution in [2.45, 2.75) is 37.8 Å². The maximum absolute atomic E-state index is 10.5. The summed E-state index contributed by atoms with van der Waals surface area (Å²) < 4.78 is 5.42. The standard InChI is InChI=1S/C18H23N3OS/c1-23-20-10-6-5-7-14(22)11-17-15-8-3-2-4-9-16(15)18-12-19-13-21(17)18/h3-4,8-9,12-14,17,20,22H,5-7,10-11H2,1H3. The monoisotopic (exact) mass is 329 g/mol. The summed E-state index contributed by atoms with van der Waals surface area (Å²) >= 11 is 1.65. The Bertz CT molecular complexity index is 668. The summed E-state index contributed by atoms with van der Waals surface area (Å²) in [4.78, 5) is 4.28. The van der Waals surface area contributed by atoms with Gasteiger partial charge in [-0.2, -0.15) is 0 Å². The third-order valence-corrected chi connectivity index (χ3v) is 4.85. The smallest absolute Gasteiger partial charge is 0.0956 e. The molecule has 1 aliphatic carbocycles. The van der Waals surface area contributed by atoms with Gasteiger partial charge in [-0.3, -0.25) is 4.72 Å². The maximum atomic E-state index is 10.5. The Balaban J connectivity index is 1.63. The van der Waals surface area contributed by atoms with Gasteiger partial charge in [-0.05, 0) is 61.8 Å². The summed E-state index contributed by atoms with van der Waals surface area (Å²) in [6.45, 7) is 0.998. The molecule has 2 heterocycles. The number of rotatable bonds is 8. The fourth-order valence-corrected chi connectivity index (χ4v) is 3.59. The molecule has 0 saturated heterocycles. The van der Waals surface area contributed by atoms with E-state index in [1.54, 1.807) is 11.9 Å². The second-order valence-electron chi connectivity index (χ2n) is 5.89. The highest BCUT2D eigenvalue weighted by Crippen LogP contribution is 2.43. The molecule has 1 aromatic heterocycles. The molecule has 0 spiro atoms. The van der Waals surface area contributed by atoms with Gasteiger partial charge in [0.2, 0.25) is 0 Å². The van der Waals surface area contributed by atoms with E-state index in [0.29, 0.717) is 0 Å². The molecule has 1 aromatic rings. The lowest BCUT2D eigenvalue weighted by Crippen LogP contribution is -2.16. The zero-order chi connectivity index (χ0) is 16.1. The number of unbranched alkanes of at least 4 members (excludes halogenated alkanes) is 1. The molecule has 23 heavy (non-hydrogen) atoms. The Morgan fingerprint density at radius 1 is 1.39 bits per heavy atom. The quantitative estimate of drug-likeness (QED) is 0.437. The molecule has 0 fully saturated rings. The Hall–Kier alpha value is -1.52. The number of aromatic nitrogens is 2. The van der Waals surface area contributed by atoms with Crippen molar-refractivity contribution in [2.75, 3.05) is 12.8 Å². The number of aliphatic hydroxyl groups excluding tert-OH is 1. The first-order valence-electron chi connectivity index (χ1n) is 8.10. The highest BCUT2D eigenvalue weighted by atomic mass is 32.2. The number of aliphatic hydroxyl groups is 1. The zero-order valence-corrected chi connectivity index (χ0v) is 14.2. The summed E-state index contributed by atoms with van der Waals surface area (Å²) in [5, 5.41) is 10.5. The van der Waals surface area contributed by atoms with E-state index in [2.05, 4.69) is 32.2 Å². The second kappa shape index (κ2) is 7.84. The van der Waals surface area contributed by atoms with Gasteiger partial charge < -0.3 is 9.67 Å². The Labute approximate surface area is 141 Å². The summed E-state index contributed by atoms with van der Waals surface area (Å²) in [6.07, 6.45) is 17.3. The molecule has 0 aromatic carbocycles. The van der Waals surface area contributed by atoms with Crippen LogP contribution in [0.25, 0.3) is 5.57 Å². The zero-order valence-electron chi connectivity index (χ0n) is 13.4. The molecule has 2 unspecified atom stereocenters. The van der Waals surface area contributed by atoms with Gasteiger partial charge in [-0.25, -0.2) is 4.98 Å². The molecular formula is C18H23N3OS. The number of nitrogens with zero attached hydrogens (tertiary/aromatic N) is 2. The van der Waals surface area contributed by atoms with Crippen LogP contribution in [-0.2, 0) is 0 Å². The number of imidazole rings is 1. The van der Waals surface area contributed by atoms with Gasteiger partial charge in [0.25, 0.3) is 0 Å². The average molecular weight is 329 g/mol. The van der Waals surface area contributed by atoms with Gasteiger partial charge in [0.1, 0.15) is 0 Å². The number of hydrogen-bond acceptors (Lipinski definition) is 4. The van der Waals surface area contributed by atoms with Crippen LogP contribution in [0.5, 0.6) is 0 Å². The highest BCUT2D eigenvalue weighted by molar-refractivity contribution is 7.96. The average Bonchev–Trinajstić information content (AvgIpc) is 3.02. The van der Waals surface area contributed by atoms with Crippen LogP contribution in [-0.4, -0.2) is 33.6 Å². The first-order valence-corrected chi connectivity index (χ1v) is 9.33. The summed E-state index contributed by atoms with van der Waals surface area (Å²) in [6, 6.07) is 0.169. The van der Waals surface area contributed by atoms with Crippen LogP contribution < -0.4 is 4.72 Å². The summed E-state index contributed by atoms with van der Waals surface area (Å²) in [7, 11) is 0. The predicted octanol–water partition coefficient (Wildman–Crippen LogP) is 3.26. The maximum Gasteiger partial charge on any atom is 0.0956 e. The molecule has 0 bridgehead atoms. The lowest BCUT2D eigenvalue weighted by molar-refractivity contribution is 0.139. The van der Waals surface area contributed by atoms with Crippen molar-refractivity contribution in [3.05, 3.63) is 53.8 Å². The van der Waals surface area contributed by atoms with Crippen LogP contribution in [0, 0.1) is 0 Å². The van der Waals surface area contributed by atoms with Crippen molar-refractivity contribution >= 4 is 17.5 Å². The minimum absolute atomic E-state index is 0.169. The fourth-order valence-electron chi connectivity index (χ4n) is 3.24. The van der Waals surface area contributed by atoms with Crippen molar-refractivity contribution in [1.82, 2.24) is 14.3 Å². The minimum Gasteiger partial charge on any atom is -0.393 e. The normalized spacial score (nSPS) is 19.8. The molecule has 0 radical (unpaired) electrons. The first kappa shape index (κ1) is 16.3. The largest absolute Gasteiger partial charge is 0.393 e. The Morgan fingerprint density at radius 2 is 2.26 bits per heavy atom. The second-order valence-corrected chi connectivity index (χ2v) is 6.58. The Morgan fingerprint density at radius 3 is 3.13 bits per heavy atom. The molecule has 2 aliphatic rings. The molecule has 0 saturated carbocycles. The van der Waals surface area contributed by atoms with Crippen LogP contribution in [0.4, 0.5) is 0 Å². The van der Waals surface area contributed by atoms with Crippen molar-refractivity contribution in [2.24, 2.45) is 0 Å². The molecule has 3 rings (SSSR count). The van der Waals surface area contributed by atoms with E-state index in [9.17, 15) is 5.11 Å². The number of allylic oxidation sites excluding steroid dienone is 5. The number of nitrogens with one attached hydrogen (secondary N) is 1. The van der Waals surface area contributed by atoms with Gasteiger partial charge in [0.05, 0.1) is 30.4 Å². The van der Waals surface area contributed by atoms with E-state index in [1.807, 2.05) is 30.9 Å². The van der Waals surface area contributed by atoms with Gasteiger partial charge in [0.15, 0.2) is 0 Å². The Kier molecular flexibility index (Phi) is 5.57. The van der Waals surface area contributed by atoms with Crippen LogP contribution in [0.15, 0.2) is 48.1 Å². The first-order chi connectivity index (χ1) is 11.3. The van der Waals surface area contributed by atoms with Gasteiger partial charge in [-0.15, -0.1) is 5.73 Å². The van der Waals surface area contributed by atoms with Gasteiger partial charge in [0, 0.05) is 12.1 Å². The molecule has 2 atom stereocenters. The minimum atomic E-state index is -0.287. The molecule has 4 nitrogen and oxygen atoms in total. The van der Waals surface area contributed by atoms with Crippen LogP contribution in [0.2, 0.25) is 0 Å². The van der Waals surface area contributed by atoms with E-state index in [1.165, 1.54) is 11.1 Å². The van der Waals surface area contributed by atoms with Gasteiger partial charge in [-0.1, -0.05) is 11.9 Å². The summed E-state index contributed by atoms with van der Waals surface area (Å²) in [5.74, 6) is 0. The van der Waals surface area contributed by atoms with Crippen molar-refractivity contribution in [3.8, 4) is 0 Å². The van der Waals surface area contributed by atoms with Crippen LogP contribution in [0.1, 0.15) is 37.4 Å². The third kappa shape index (κ3) is 3.70. The van der Waals surface area contributed by atoms with Crippen molar-refractivity contribution in [3.63, 3.8) is 0 Å². The molecule has 1 aliphatic heterocycles. The van der Waals surface area contributed by atoms with E-state index < -0.39 is 0 Å². The van der Waals surface area contributed by atoms with Crippen molar-refractivity contribution in [1.29, 1.82) is 0 Å². The van der Waals surface area contributed by atoms with E-state index in [-0.39, 0.29) is 12.1 Å². The van der Waals surface area contributed by atoms with E-state index >= 15 is 0 Å². The number of fused-ring (bicyclic) bond motifs is 3. The highest BCUT2D eigenvalue weighted by Gasteiger charge is 2.32. The van der Waals surface area contributed by atoms with Gasteiger partial charge >= 0.3 is 0 Å². The lowest BCUT2D eigenvalue weighted by atomic mass is 9.95. The SMILES string of the molecule is CSNCCCCC(O)CC1C2=CC=C=CC=C2c2cncn21. The predicted molar refractivity (Wildman–Crippen MR) is 96.0 cm³/mol. The van der Waals surface area contributed by atoms with E-state index in [0.717, 1.165) is 37.9 Å². The molecule has 122 valence electrons. The van der Waals surface area contributed by atoms with E-state index in [4.69, 9.17) is 0 Å². The summed E-state index contributed by atoms with van der Waals surface area (Å²) in [5.41, 5.74) is 6.71. The fraction of sp³-hybridized carbons (Fsp3) is 0.444. The molecular weight excluding hydrogens is 306 g/mol. The number of hydrogen-bond donors (Lipinski definition) is 2.